The van der Waals surface area contributed by atoms with E-state index in [-0.39, 0.29) is 11.9 Å². The number of alkyl halides is 2. The molecule has 34 heavy (non-hydrogen) atoms. The Morgan fingerprint density at radius 2 is 1.91 bits per heavy atom. The predicted octanol–water partition coefficient (Wildman–Crippen LogP) is 4.68. The van der Waals surface area contributed by atoms with E-state index in [9.17, 15) is 8.78 Å². The van der Waals surface area contributed by atoms with Crippen molar-refractivity contribution in [1.82, 2.24) is 19.5 Å². The fourth-order valence-corrected chi connectivity index (χ4v) is 4.27. The molecule has 1 unspecified atom stereocenters. The molecular weight excluding hydrogens is 440 g/mol. The lowest BCUT2D eigenvalue weighted by molar-refractivity contribution is -0.0504. The normalized spacial score (nSPS) is 16.4. The number of benzene rings is 2. The molecule has 0 spiro atoms. The van der Waals surface area contributed by atoms with E-state index >= 15 is 0 Å². The number of nitrogens with zero attached hydrogens (tertiary/aromatic N) is 5. The molecule has 0 saturated carbocycles. The Bertz CT molecular complexity index is 1290. The third-order valence-corrected chi connectivity index (χ3v) is 5.95. The molecule has 1 fully saturated rings. The highest BCUT2D eigenvalue weighted by Crippen LogP contribution is 2.28. The predicted molar refractivity (Wildman–Crippen MR) is 125 cm³/mol. The van der Waals surface area contributed by atoms with Gasteiger partial charge in [-0.25, -0.2) is 15.0 Å². The summed E-state index contributed by atoms with van der Waals surface area (Å²) in [5.74, 6) is 1.64. The molecule has 4 aromatic rings. The van der Waals surface area contributed by atoms with Gasteiger partial charge in [-0.2, -0.15) is 8.78 Å². The van der Waals surface area contributed by atoms with Crippen LogP contribution in [0.15, 0.2) is 54.9 Å². The first-order valence-electron chi connectivity index (χ1n) is 11.2. The van der Waals surface area contributed by atoms with Gasteiger partial charge in [-0.05, 0) is 37.6 Å². The number of hydrogen-bond acceptors (Lipinski definition) is 6. The van der Waals surface area contributed by atoms with Crippen LogP contribution in [0.2, 0.25) is 0 Å². The van der Waals surface area contributed by atoms with Crippen molar-refractivity contribution < 1.29 is 18.3 Å². The number of halogens is 2. The van der Waals surface area contributed by atoms with Crippen molar-refractivity contribution in [2.75, 3.05) is 24.6 Å². The number of aryl methyl sites for hydroxylation is 1. The molecule has 2 aromatic heterocycles. The standard InChI is InChI=1S/C25H25F2N5O2/c1-16-14-31(9-10-33-16)25-28-12-20(13-29-25)18-7-8-21-22(11-18)32(17(2)30-21)15-19-5-3-4-6-23(19)34-24(26)27/h3-8,11-13,16,24H,9-10,14-15H2,1-2H3. The summed E-state index contributed by atoms with van der Waals surface area (Å²) < 4.78 is 38.0. The van der Waals surface area contributed by atoms with Gasteiger partial charge in [-0.15, -0.1) is 0 Å². The van der Waals surface area contributed by atoms with Crippen molar-refractivity contribution in [2.45, 2.75) is 33.1 Å². The number of rotatable bonds is 6. The van der Waals surface area contributed by atoms with E-state index < -0.39 is 6.61 Å². The Kier molecular flexibility index (Phi) is 6.10. The van der Waals surface area contributed by atoms with Gasteiger partial charge in [0.25, 0.3) is 0 Å². The van der Waals surface area contributed by atoms with Crippen LogP contribution in [-0.2, 0) is 11.3 Å². The molecular formula is C25H25F2N5O2. The molecule has 0 aliphatic carbocycles. The van der Waals surface area contributed by atoms with E-state index in [2.05, 4.69) is 19.9 Å². The number of morpholine rings is 1. The monoisotopic (exact) mass is 465 g/mol. The SMILES string of the molecule is Cc1nc2ccc(-c3cnc(N4CCOC(C)C4)nc3)cc2n1Cc1ccccc1OC(F)F. The Hall–Kier alpha value is -3.59. The van der Waals surface area contributed by atoms with Crippen LogP contribution < -0.4 is 9.64 Å². The highest BCUT2D eigenvalue weighted by Gasteiger charge is 2.19. The minimum absolute atomic E-state index is 0.152. The molecule has 1 atom stereocenters. The number of ether oxygens (including phenoxy) is 2. The van der Waals surface area contributed by atoms with Crippen molar-refractivity contribution in [2.24, 2.45) is 0 Å². The summed E-state index contributed by atoms with van der Waals surface area (Å²) in [6, 6.07) is 12.8. The molecule has 2 aromatic carbocycles. The quantitative estimate of drug-likeness (QED) is 0.412. The minimum Gasteiger partial charge on any atom is -0.434 e. The van der Waals surface area contributed by atoms with Gasteiger partial charge in [0, 0.05) is 36.6 Å². The lowest BCUT2D eigenvalue weighted by atomic mass is 10.1. The fraction of sp³-hybridized carbons (Fsp3) is 0.320. The van der Waals surface area contributed by atoms with Gasteiger partial charge in [0.05, 0.1) is 30.3 Å². The number of fused-ring (bicyclic) bond motifs is 1. The van der Waals surface area contributed by atoms with Crippen molar-refractivity contribution in [3.63, 3.8) is 0 Å². The summed E-state index contributed by atoms with van der Waals surface area (Å²) in [6.07, 6.45) is 3.80. The smallest absolute Gasteiger partial charge is 0.387 e. The van der Waals surface area contributed by atoms with Crippen molar-refractivity contribution in [3.8, 4) is 16.9 Å². The van der Waals surface area contributed by atoms with Crippen LogP contribution in [0, 0.1) is 6.92 Å². The number of imidazole rings is 1. The van der Waals surface area contributed by atoms with E-state index in [4.69, 9.17) is 9.47 Å². The summed E-state index contributed by atoms with van der Waals surface area (Å²) in [5.41, 5.74) is 4.22. The fourth-order valence-electron chi connectivity index (χ4n) is 4.27. The molecule has 0 bridgehead atoms. The summed E-state index contributed by atoms with van der Waals surface area (Å²) in [7, 11) is 0. The molecule has 0 amide bonds. The van der Waals surface area contributed by atoms with E-state index in [1.807, 2.05) is 55.1 Å². The number of aromatic nitrogens is 4. The zero-order valence-corrected chi connectivity index (χ0v) is 19.0. The lowest BCUT2D eigenvalue weighted by Gasteiger charge is -2.31. The summed E-state index contributed by atoms with van der Waals surface area (Å²) in [6.45, 7) is 3.62. The summed E-state index contributed by atoms with van der Waals surface area (Å²) >= 11 is 0. The molecule has 1 aliphatic heterocycles. The molecule has 9 heteroatoms. The van der Waals surface area contributed by atoms with E-state index in [1.54, 1.807) is 18.2 Å². The number of para-hydroxylation sites is 1. The average molecular weight is 466 g/mol. The highest BCUT2D eigenvalue weighted by molar-refractivity contribution is 5.82. The van der Waals surface area contributed by atoms with Crippen LogP contribution in [0.1, 0.15) is 18.3 Å². The van der Waals surface area contributed by atoms with Crippen molar-refractivity contribution in [3.05, 3.63) is 66.2 Å². The first-order valence-corrected chi connectivity index (χ1v) is 11.2. The van der Waals surface area contributed by atoms with Crippen LogP contribution in [0.5, 0.6) is 5.75 Å². The van der Waals surface area contributed by atoms with Gasteiger partial charge in [0.15, 0.2) is 0 Å². The van der Waals surface area contributed by atoms with Crippen molar-refractivity contribution in [1.29, 1.82) is 0 Å². The second kappa shape index (κ2) is 9.34. The van der Waals surface area contributed by atoms with Gasteiger partial charge in [-0.1, -0.05) is 24.3 Å². The van der Waals surface area contributed by atoms with Gasteiger partial charge in [0.2, 0.25) is 5.95 Å². The Labute approximate surface area is 196 Å². The largest absolute Gasteiger partial charge is 0.434 e. The van der Waals surface area contributed by atoms with Gasteiger partial charge in [0.1, 0.15) is 11.6 Å². The molecule has 1 aliphatic rings. The van der Waals surface area contributed by atoms with Crippen LogP contribution >= 0.6 is 0 Å². The Balaban J connectivity index is 1.45. The zero-order valence-electron chi connectivity index (χ0n) is 19.0. The second-order valence-corrected chi connectivity index (χ2v) is 8.33. The van der Waals surface area contributed by atoms with Gasteiger partial charge >= 0.3 is 6.61 Å². The summed E-state index contributed by atoms with van der Waals surface area (Å²) in [5, 5.41) is 0. The highest BCUT2D eigenvalue weighted by atomic mass is 19.3. The van der Waals surface area contributed by atoms with Crippen LogP contribution in [-0.4, -0.2) is 51.9 Å². The third-order valence-electron chi connectivity index (χ3n) is 5.95. The third kappa shape index (κ3) is 4.56. The van der Waals surface area contributed by atoms with E-state index in [0.717, 1.165) is 41.1 Å². The van der Waals surface area contributed by atoms with Gasteiger partial charge < -0.3 is 18.9 Å². The number of hydrogen-bond donors (Lipinski definition) is 0. The molecule has 0 N–H and O–H groups in total. The first kappa shape index (κ1) is 22.2. The number of anilines is 1. The topological polar surface area (TPSA) is 65.3 Å². The zero-order chi connectivity index (χ0) is 23.7. The molecule has 1 saturated heterocycles. The van der Waals surface area contributed by atoms with E-state index in [0.29, 0.717) is 24.7 Å². The average Bonchev–Trinajstić information content (AvgIpc) is 3.14. The second-order valence-electron chi connectivity index (χ2n) is 8.33. The van der Waals surface area contributed by atoms with Gasteiger partial charge in [-0.3, -0.25) is 0 Å². The molecule has 176 valence electrons. The minimum atomic E-state index is -2.88. The maximum absolute atomic E-state index is 12.9. The maximum Gasteiger partial charge on any atom is 0.387 e. The molecule has 5 rings (SSSR count). The van der Waals surface area contributed by atoms with Crippen LogP contribution in [0.25, 0.3) is 22.2 Å². The maximum atomic E-state index is 12.9. The lowest BCUT2D eigenvalue weighted by Crippen LogP contribution is -2.41. The Morgan fingerprint density at radius 3 is 2.68 bits per heavy atom. The van der Waals surface area contributed by atoms with Crippen LogP contribution in [0.4, 0.5) is 14.7 Å². The molecule has 0 radical (unpaired) electrons. The molecule has 7 nitrogen and oxygen atoms in total. The summed E-state index contributed by atoms with van der Waals surface area (Å²) in [4.78, 5) is 15.9. The van der Waals surface area contributed by atoms with E-state index in [1.165, 1.54) is 0 Å². The first-order chi connectivity index (χ1) is 16.5. The molecule has 3 heterocycles. The van der Waals surface area contributed by atoms with Crippen molar-refractivity contribution >= 4 is 17.0 Å². The van der Waals surface area contributed by atoms with Crippen LogP contribution in [0.3, 0.4) is 0 Å². The Morgan fingerprint density at radius 1 is 1.12 bits per heavy atom.